The Labute approximate surface area is 149 Å². The molecule has 0 spiro atoms. The summed E-state index contributed by atoms with van der Waals surface area (Å²) in [5.74, 6) is 0. The molecule has 138 valence electrons. The molecule has 6 fully saturated rings. The second kappa shape index (κ2) is 6.86. The smallest absolute Gasteiger partial charge is 0.0942 e. The Bertz CT molecular complexity index is 381. The van der Waals surface area contributed by atoms with E-state index in [1.54, 1.807) is 0 Å². The average Bonchev–Trinajstić information content (AvgIpc) is 2.59. The van der Waals surface area contributed by atoms with Gasteiger partial charge >= 0.3 is 0 Å². The Morgan fingerprint density at radius 3 is 1.33 bits per heavy atom. The SMILES string of the molecule is CC1C[N+]2(CCCCCC[N+]34CCN(CC3)C(C)C4)CCN1CC2. The number of unbranched alkanes of at least 4 members (excludes halogenated alkanes) is 3. The van der Waals surface area contributed by atoms with Crippen LogP contribution >= 0.6 is 0 Å². The number of nitrogens with zero attached hydrogens (tertiary/aromatic N) is 4. The average molecular weight is 337 g/mol. The topological polar surface area (TPSA) is 6.48 Å². The van der Waals surface area contributed by atoms with Gasteiger partial charge in [0, 0.05) is 26.2 Å². The maximum Gasteiger partial charge on any atom is 0.0942 e. The van der Waals surface area contributed by atoms with E-state index in [2.05, 4.69) is 23.6 Å². The largest absolute Gasteiger partial charge is 0.320 e. The fourth-order valence-electron chi connectivity index (χ4n) is 6.29. The number of rotatable bonds is 7. The molecule has 0 saturated carbocycles. The molecule has 2 unspecified atom stereocenters. The quantitative estimate of drug-likeness (QED) is 0.515. The van der Waals surface area contributed by atoms with Gasteiger partial charge in [-0.25, -0.2) is 0 Å². The van der Waals surface area contributed by atoms with Gasteiger partial charge in [0.15, 0.2) is 0 Å². The van der Waals surface area contributed by atoms with Crippen LogP contribution in [0.15, 0.2) is 0 Å². The Kier molecular flexibility index (Phi) is 4.94. The molecular weight excluding hydrogens is 296 g/mol. The maximum absolute atomic E-state index is 2.70. The van der Waals surface area contributed by atoms with Gasteiger partial charge in [0.1, 0.15) is 0 Å². The highest BCUT2D eigenvalue weighted by molar-refractivity contribution is 4.79. The summed E-state index contributed by atoms with van der Waals surface area (Å²) in [6.45, 7) is 21.8. The van der Waals surface area contributed by atoms with Crippen LogP contribution in [0.4, 0.5) is 0 Å². The van der Waals surface area contributed by atoms with Crippen molar-refractivity contribution in [1.82, 2.24) is 9.80 Å². The second-order valence-corrected chi connectivity index (χ2v) is 9.57. The lowest BCUT2D eigenvalue weighted by atomic mass is 10.0. The Hall–Kier alpha value is -0.160. The normalized spacial score (nSPS) is 47.2. The van der Waals surface area contributed by atoms with Crippen molar-refractivity contribution in [3.63, 3.8) is 0 Å². The summed E-state index contributed by atoms with van der Waals surface area (Å²) in [5.41, 5.74) is 0. The first-order chi connectivity index (χ1) is 11.6. The summed E-state index contributed by atoms with van der Waals surface area (Å²) in [6.07, 6.45) is 5.88. The van der Waals surface area contributed by atoms with E-state index in [0.29, 0.717) is 0 Å². The zero-order valence-electron chi connectivity index (χ0n) is 16.3. The number of hydrogen-bond acceptors (Lipinski definition) is 2. The first kappa shape index (κ1) is 17.3. The van der Waals surface area contributed by atoms with Crippen molar-refractivity contribution >= 4 is 0 Å². The molecule has 0 aromatic rings. The van der Waals surface area contributed by atoms with E-state index < -0.39 is 0 Å². The highest BCUT2D eigenvalue weighted by Gasteiger charge is 2.43. The summed E-state index contributed by atoms with van der Waals surface area (Å²) < 4.78 is 2.90. The molecule has 0 aliphatic carbocycles. The van der Waals surface area contributed by atoms with Crippen molar-refractivity contribution in [1.29, 1.82) is 0 Å². The molecule has 4 heteroatoms. The molecule has 6 heterocycles. The Balaban J connectivity index is 1.14. The molecular formula is C20H40N4+2. The van der Waals surface area contributed by atoms with Crippen LogP contribution in [0, 0.1) is 0 Å². The Morgan fingerprint density at radius 2 is 1.00 bits per heavy atom. The van der Waals surface area contributed by atoms with E-state index in [0.717, 1.165) is 12.1 Å². The number of quaternary nitrogens is 2. The predicted octanol–water partition coefficient (Wildman–Crippen LogP) is 1.62. The lowest BCUT2D eigenvalue weighted by molar-refractivity contribution is -0.944. The molecule has 2 atom stereocenters. The molecule has 0 aromatic carbocycles. The summed E-state index contributed by atoms with van der Waals surface area (Å²) in [5, 5.41) is 0. The standard InChI is InChI=1S/C20H40N4/c1-19-17-23(13-7-21(19)8-14-23)11-5-3-4-6-12-24-15-9-22(10-16-24)20(2)18-24/h19-20H,3-18H2,1-2H3/q+2. The highest BCUT2D eigenvalue weighted by atomic mass is 15.5. The van der Waals surface area contributed by atoms with Gasteiger partial charge in [0.2, 0.25) is 0 Å². The summed E-state index contributed by atoms with van der Waals surface area (Å²) in [4.78, 5) is 5.40. The molecule has 0 aromatic heterocycles. The van der Waals surface area contributed by atoms with Gasteiger partial charge in [0.05, 0.1) is 64.4 Å². The molecule has 6 rings (SSSR count). The van der Waals surface area contributed by atoms with E-state index >= 15 is 0 Å². The van der Waals surface area contributed by atoms with Crippen LogP contribution in [0.3, 0.4) is 0 Å². The molecule has 24 heavy (non-hydrogen) atoms. The lowest BCUT2D eigenvalue weighted by Crippen LogP contribution is -2.70. The van der Waals surface area contributed by atoms with Crippen LogP contribution in [-0.4, -0.2) is 109 Å². The van der Waals surface area contributed by atoms with Gasteiger partial charge in [-0.2, -0.15) is 0 Å². The first-order valence-electron chi connectivity index (χ1n) is 10.8. The molecule has 0 N–H and O–H groups in total. The van der Waals surface area contributed by atoms with Crippen molar-refractivity contribution in [3.05, 3.63) is 0 Å². The van der Waals surface area contributed by atoms with E-state index in [-0.39, 0.29) is 0 Å². The van der Waals surface area contributed by atoms with Gasteiger partial charge < -0.3 is 8.97 Å². The first-order valence-corrected chi connectivity index (χ1v) is 10.8. The second-order valence-electron chi connectivity index (χ2n) is 9.57. The van der Waals surface area contributed by atoms with Crippen LogP contribution in [0.5, 0.6) is 0 Å². The van der Waals surface area contributed by atoms with E-state index in [9.17, 15) is 0 Å². The summed E-state index contributed by atoms with van der Waals surface area (Å²) >= 11 is 0. The van der Waals surface area contributed by atoms with Crippen LogP contribution in [0.2, 0.25) is 0 Å². The van der Waals surface area contributed by atoms with E-state index in [1.165, 1.54) is 113 Å². The molecule has 6 aliphatic rings. The monoisotopic (exact) mass is 336 g/mol. The molecule has 0 radical (unpaired) electrons. The maximum atomic E-state index is 2.70. The van der Waals surface area contributed by atoms with Gasteiger partial charge in [-0.05, 0) is 39.5 Å². The lowest BCUT2D eigenvalue weighted by Gasteiger charge is -2.54. The Morgan fingerprint density at radius 1 is 0.625 bits per heavy atom. The third-order valence-electron chi connectivity index (χ3n) is 8.01. The number of hydrogen-bond donors (Lipinski definition) is 0. The van der Waals surface area contributed by atoms with Gasteiger partial charge in [-0.3, -0.25) is 9.80 Å². The van der Waals surface area contributed by atoms with Crippen molar-refractivity contribution in [2.24, 2.45) is 0 Å². The molecule has 4 nitrogen and oxygen atoms in total. The third-order valence-corrected chi connectivity index (χ3v) is 8.01. The van der Waals surface area contributed by atoms with Gasteiger partial charge in [0.25, 0.3) is 0 Å². The van der Waals surface area contributed by atoms with Gasteiger partial charge in [-0.15, -0.1) is 0 Å². The predicted molar refractivity (Wildman–Crippen MR) is 100.0 cm³/mol. The summed E-state index contributed by atoms with van der Waals surface area (Å²) in [6, 6.07) is 1.67. The minimum absolute atomic E-state index is 0.836. The summed E-state index contributed by atoms with van der Waals surface area (Å²) in [7, 11) is 0. The van der Waals surface area contributed by atoms with E-state index in [4.69, 9.17) is 0 Å². The zero-order chi connectivity index (χ0) is 16.6. The van der Waals surface area contributed by atoms with Crippen molar-refractivity contribution in [3.8, 4) is 0 Å². The fourth-order valence-corrected chi connectivity index (χ4v) is 6.29. The third kappa shape index (κ3) is 3.40. The van der Waals surface area contributed by atoms with Crippen LogP contribution in [0.25, 0.3) is 0 Å². The highest BCUT2D eigenvalue weighted by Crippen LogP contribution is 2.26. The molecule has 6 aliphatic heterocycles. The fraction of sp³-hybridized carbons (Fsp3) is 1.00. The van der Waals surface area contributed by atoms with Crippen molar-refractivity contribution in [2.75, 3.05) is 78.5 Å². The number of fused-ring (bicyclic) bond motifs is 6. The van der Waals surface area contributed by atoms with Gasteiger partial charge in [-0.1, -0.05) is 0 Å². The van der Waals surface area contributed by atoms with Crippen molar-refractivity contribution in [2.45, 2.75) is 51.6 Å². The number of piperazine rings is 6. The zero-order valence-corrected chi connectivity index (χ0v) is 16.3. The minimum atomic E-state index is 0.836. The van der Waals surface area contributed by atoms with E-state index in [1.807, 2.05) is 0 Å². The van der Waals surface area contributed by atoms with Crippen LogP contribution in [-0.2, 0) is 0 Å². The van der Waals surface area contributed by atoms with Crippen LogP contribution < -0.4 is 0 Å². The van der Waals surface area contributed by atoms with Crippen LogP contribution in [0.1, 0.15) is 39.5 Å². The van der Waals surface area contributed by atoms with Crippen molar-refractivity contribution < 1.29 is 8.97 Å². The molecule has 6 saturated heterocycles. The molecule has 4 bridgehead atoms. The molecule has 0 amide bonds. The minimum Gasteiger partial charge on any atom is -0.320 e.